The van der Waals surface area contributed by atoms with Gasteiger partial charge in [0, 0.05) is 20.7 Å². The number of ether oxygens (including phenoxy) is 4. The maximum Gasteiger partial charge on any atom is 0.280 e. The minimum atomic E-state index is -2.07. The van der Waals surface area contributed by atoms with Gasteiger partial charge in [-0.3, -0.25) is 0 Å². The molecule has 0 bridgehead atoms. The van der Waals surface area contributed by atoms with Crippen molar-refractivity contribution in [2.24, 2.45) is 0 Å². The smallest absolute Gasteiger partial charge is 0.280 e. The summed E-state index contributed by atoms with van der Waals surface area (Å²) in [5.41, 5.74) is 4.64. The van der Waals surface area contributed by atoms with Crippen LogP contribution in [0.5, 0.6) is 23.0 Å². The molecule has 0 fully saturated rings. The number of hydrogen-bond donors (Lipinski definition) is 0. The fraction of sp³-hybridized carbons (Fsp3) is 0.500. The van der Waals surface area contributed by atoms with Crippen molar-refractivity contribution in [2.45, 2.75) is 132 Å². The van der Waals surface area contributed by atoms with Crippen LogP contribution in [0.2, 0.25) is 0 Å². The van der Waals surface area contributed by atoms with Crippen molar-refractivity contribution in [1.29, 1.82) is 0 Å². The van der Waals surface area contributed by atoms with Crippen molar-refractivity contribution < 1.29 is 23.1 Å². The van der Waals surface area contributed by atoms with E-state index < -0.39 is 18.1 Å². The summed E-state index contributed by atoms with van der Waals surface area (Å²) in [5, 5.41) is 4.22. The Morgan fingerprint density at radius 3 is 0.709 bits per heavy atom. The lowest BCUT2D eigenvalue weighted by Crippen LogP contribution is -2.57. The van der Waals surface area contributed by atoms with E-state index in [2.05, 4.69) is 184 Å². The maximum absolute atomic E-state index is 7.93. The lowest BCUT2D eigenvalue weighted by molar-refractivity contribution is 0.339. The predicted molar refractivity (Wildman–Crippen MR) is 236 cm³/mol. The Kier molecular flexibility index (Phi) is 14.2. The lowest BCUT2D eigenvalue weighted by atomic mass is 9.87. The van der Waals surface area contributed by atoms with Gasteiger partial charge in [-0.15, -0.1) is 0 Å². The van der Waals surface area contributed by atoms with Crippen LogP contribution < -0.4 is 39.7 Å². The molecule has 55 heavy (non-hydrogen) atoms. The van der Waals surface area contributed by atoms with Crippen LogP contribution in [0.3, 0.4) is 0 Å². The maximum atomic E-state index is 7.93. The fourth-order valence-electron chi connectivity index (χ4n) is 6.42. The number of benzene rings is 4. The van der Waals surface area contributed by atoms with E-state index in [1.807, 2.05) is 0 Å². The molecule has 0 unspecified atom stereocenters. The van der Waals surface area contributed by atoms with Crippen LogP contribution in [0.1, 0.15) is 133 Å². The van der Waals surface area contributed by atoms with Gasteiger partial charge in [-0.2, -0.15) is 0 Å². The van der Waals surface area contributed by atoms with Gasteiger partial charge in [-0.25, -0.2) is 0 Å². The molecule has 0 aromatic heterocycles. The Labute approximate surface area is 337 Å². The van der Waals surface area contributed by atoms with Crippen LogP contribution in [-0.4, -0.2) is 44.5 Å². The van der Waals surface area contributed by atoms with Gasteiger partial charge in [0.05, 0.1) is 26.4 Å². The Balaban J connectivity index is 2.14. The average Bonchev–Trinajstić information content (AvgIpc) is 3.08. The summed E-state index contributed by atoms with van der Waals surface area (Å²) in [7, 11) is -4.15. The Morgan fingerprint density at radius 1 is 0.345 bits per heavy atom. The second-order valence-corrected chi connectivity index (χ2v) is 22.6. The molecule has 0 aliphatic heterocycles. The molecule has 298 valence electrons. The van der Waals surface area contributed by atoms with Gasteiger partial charge in [0.25, 0.3) is 18.1 Å². The highest BCUT2D eigenvalue weighted by molar-refractivity contribution is 6.93. The van der Waals surface area contributed by atoms with Gasteiger partial charge in [-0.05, 0) is 95.9 Å². The SMILES string of the molecule is CCOc1cc(C(C)(C)C)ccc1[Si](O[Si](c1ccc(C(C)(C)C)cc1OCC)c1ccc(C(C)(C)C)cc1OCC)c1ccc(C(C)(C)C)cc1OCC. The molecule has 0 N–H and O–H groups in total. The third-order valence-electron chi connectivity index (χ3n) is 9.77. The summed E-state index contributed by atoms with van der Waals surface area (Å²) in [6, 6.07) is 26.8. The molecule has 2 radical (unpaired) electrons. The fourth-order valence-corrected chi connectivity index (χ4v) is 12.0. The molecule has 0 atom stereocenters. The monoisotopic (exact) mass is 780 g/mol. The molecule has 4 aromatic rings. The van der Waals surface area contributed by atoms with Gasteiger partial charge in [0.1, 0.15) is 23.0 Å². The molecule has 0 saturated heterocycles. The molecule has 0 aliphatic rings. The second-order valence-electron chi connectivity index (χ2n) is 18.3. The lowest BCUT2D eigenvalue weighted by Gasteiger charge is -2.30. The second kappa shape index (κ2) is 17.7. The van der Waals surface area contributed by atoms with E-state index in [0.717, 1.165) is 43.7 Å². The van der Waals surface area contributed by atoms with E-state index >= 15 is 0 Å². The van der Waals surface area contributed by atoms with Crippen molar-refractivity contribution >= 4 is 38.8 Å². The van der Waals surface area contributed by atoms with E-state index in [4.69, 9.17) is 23.1 Å². The molecule has 4 rings (SSSR count). The van der Waals surface area contributed by atoms with Crippen molar-refractivity contribution in [3.05, 3.63) is 95.1 Å². The molecular formula is C48H68O5Si2. The van der Waals surface area contributed by atoms with Gasteiger partial charge in [0.2, 0.25) is 0 Å². The first-order chi connectivity index (χ1) is 25.6. The topological polar surface area (TPSA) is 46.2 Å². The molecular weight excluding hydrogens is 713 g/mol. The quantitative estimate of drug-likeness (QED) is 0.119. The summed E-state index contributed by atoms with van der Waals surface area (Å²) in [5.74, 6) is 3.42. The third-order valence-corrected chi connectivity index (χ3v) is 15.0. The first-order valence-corrected chi connectivity index (χ1v) is 23.0. The van der Waals surface area contributed by atoms with Gasteiger partial charge >= 0.3 is 0 Å². The van der Waals surface area contributed by atoms with Crippen molar-refractivity contribution in [2.75, 3.05) is 26.4 Å². The standard InChI is InChI=1S/C48H68O5Si2/c1-17-49-37-29-33(45(5,6)7)21-25-41(37)54(42-26-22-34(46(8,9)10)30-38(42)50-18-2)53-55(43-27-23-35(47(11,12)13)31-39(43)51-19-3)44-28-24-36(48(14,15)16)32-40(44)52-20-4/h21-32H,17-20H2,1-16H3. The largest absolute Gasteiger partial charge is 0.494 e. The van der Waals surface area contributed by atoms with E-state index in [1.165, 1.54) is 22.3 Å². The first-order valence-electron chi connectivity index (χ1n) is 20.2. The highest BCUT2D eigenvalue weighted by Crippen LogP contribution is 2.31. The normalized spacial score (nSPS) is 12.7. The summed E-state index contributed by atoms with van der Waals surface area (Å²) >= 11 is 0. The molecule has 0 amide bonds. The van der Waals surface area contributed by atoms with Gasteiger partial charge in [0.15, 0.2) is 0 Å². The van der Waals surface area contributed by atoms with E-state index in [9.17, 15) is 0 Å². The molecule has 5 nitrogen and oxygen atoms in total. The zero-order chi connectivity index (χ0) is 40.9. The van der Waals surface area contributed by atoms with Crippen LogP contribution in [0.15, 0.2) is 72.8 Å². The third kappa shape index (κ3) is 10.9. The minimum Gasteiger partial charge on any atom is -0.494 e. The minimum absolute atomic E-state index is 0.0552. The summed E-state index contributed by atoms with van der Waals surface area (Å²) in [4.78, 5) is 0. The molecule has 0 spiro atoms. The number of hydrogen-bond acceptors (Lipinski definition) is 5. The molecule has 0 heterocycles. The van der Waals surface area contributed by atoms with E-state index in [1.54, 1.807) is 0 Å². The first kappa shape index (κ1) is 44.2. The molecule has 4 aromatic carbocycles. The van der Waals surface area contributed by atoms with Crippen LogP contribution in [0.25, 0.3) is 0 Å². The zero-order valence-electron chi connectivity index (χ0n) is 36.8. The Hall–Kier alpha value is -3.53. The van der Waals surface area contributed by atoms with E-state index in [-0.39, 0.29) is 21.7 Å². The summed E-state index contributed by atoms with van der Waals surface area (Å²) in [6.07, 6.45) is 0. The van der Waals surface area contributed by atoms with Crippen molar-refractivity contribution in [1.82, 2.24) is 0 Å². The number of rotatable bonds is 14. The molecule has 0 aliphatic carbocycles. The summed E-state index contributed by atoms with van der Waals surface area (Å²) in [6.45, 7) is 37.3. The van der Waals surface area contributed by atoms with Crippen LogP contribution >= 0.6 is 0 Å². The molecule has 7 heteroatoms. The van der Waals surface area contributed by atoms with Crippen molar-refractivity contribution in [3.63, 3.8) is 0 Å². The van der Waals surface area contributed by atoms with Crippen molar-refractivity contribution in [3.8, 4) is 23.0 Å². The highest BCUT2D eigenvalue weighted by Gasteiger charge is 2.37. The van der Waals surface area contributed by atoms with Gasteiger partial charge < -0.3 is 23.1 Å². The zero-order valence-corrected chi connectivity index (χ0v) is 38.8. The van der Waals surface area contributed by atoms with Crippen LogP contribution in [0.4, 0.5) is 0 Å². The Morgan fingerprint density at radius 2 is 0.545 bits per heavy atom. The van der Waals surface area contributed by atoms with E-state index in [0.29, 0.717) is 26.4 Å². The molecule has 0 saturated carbocycles. The highest BCUT2D eigenvalue weighted by atomic mass is 28.4. The average molecular weight is 781 g/mol. The van der Waals surface area contributed by atoms with Crippen LogP contribution in [-0.2, 0) is 25.8 Å². The Bertz CT molecular complexity index is 1620. The van der Waals surface area contributed by atoms with Crippen LogP contribution in [0, 0.1) is 0 Å². The van der Waals surface area contributed by atoms with Gasteiger partial charge in [-0.1, -0.05) is 132 Å². The summed E-state index contributed by atoms with van der Waals surface area (Å²) < 4.78 is 34.1. The predicted octanol–water partition coefficient (Wildman–Crippen LogP) is 9.40.